The van der Waals surface area contributed by atoms with E-state index in [1.54, 1.807) is 12.1 Å². The number of nitrogens with zero attached hydrogens (tertiary/aromatic N) is 1. The summed E-state index contributed by atoms with van der Waals surface area (Å²) in [5.74, 6) is -1.07. The molecule has 6 nitrogen and oxygen atoms in total. The van der Waals surface area contributed by atoms with E-state index in [0.29, 0.717) is 18.5 Å². The van der Waals surface area contributed by atoms with E-state index in [1.165, 1.54) is 28.6 Å². The summed E-state index contributed by atoms with van der Waals surface area (Å²) in [6.07, 6.45) is 0.637. The van der Waals surface area contributed by atoms with Crippen LogP contribution in [0.25, 0.3) is 0 Å². The molecule has 0 saturated heterocycles. The third-order valence-electron chi connectivity index (χ3n) is 5.51. The molecule has 0 radical (unpaired) electrons. The number of aryl methyl sites for hydroxylation is 1. The number of rotatable bonds is 6. The Bertz CT molecular complexity index is 1270. The molecule has 3 aromatic carbocycles. The van der Waals surface area contributed by atoms with E-state index < -0.39 is 22.6 Å². The summed E-state index contributed by atoms with van der Waals surface area (Å²) in [6, 6.07) is 20.5. The van der Waals surface area contributed by atoms with Crippen LogP contribution in [0, 0.1) is 6.92 Å². The van der Waals surface area contributed by atoms with Crippen LogP contribution < -0.4 is 0 Å². The van der Waals surface area contributed by atoms with Gasteiger partial charge in [0.05, 0.1) is 10.5 Å². The monoisotopic (exact) mass is 449 g/mol. The topological polar surface area (TPSA) is 80.8 Å². The molecule has 0 aromatic heterocycles. The van der Waals surface area contributed by atoms with Gasteiger partial charge >= 0.3 is 5.97 Å². The zero-order valence-electron chi connectivity index (χ0n) is 17.7. The number of carbonyl (C=O) groups is 2. The van der Waals surface area contributed by atoms with Crippen LogP contribution in [0.4, 0.5) is 0 Å². The number of ketones is 1. The second kappa shape index (κ2) is 9.06. The van der Waals surface area contributed by atoms with Gasteiger partial charge in [-0.2, -0.15) is 4.31 Å². The van der Waals surface area contributed by atoms with Crippen molar-refractivity contribution in [2.45, 2.75) is 24.8 Å². The maximum Gasteiger partial charge on any atom is 0.338 e. The van der Waals surface area contributed by atoms with Crippen LogP contribution in [0.15, 0.2) is 77.7 Å². The summed E-state index contributed by atoms with van der Waals surface area (Å²) < 4.78 is 32.9. The lowest BCUT2D eigenvalue weighted by molar-refractivity contribution is 0.0474. The maximum absolute atomic E-state index is 13.2. The maximum atomic E-state index is 13.2. The molecule has 0 bridgehead atoms. The lowest BCUT2D eigenvalue weighted by atomic mass is 10.0. The van der Waals surface area contributed by atoms with Crippen molar-refractivity contribution in [3.8, 4) is 0 Å². The Morgan fingerprint density at radius 1 is 0.906 bits per heavy atom. The molecule has 164 valence electrons. The van der Waals surface area contributed by atoms with Gasteiger partial charge in [0, 0.05) is 18.7 Å². The minimum atomic E-state index is -3.78. The standard InChI is InChI=1S/C25H23NO5S/c1-18-9-11-20(12-10-18)24(27)17-31-25(28)21-7-4-8-23(15-21)32(29,30)26-14-13-19-5-2-3-6-22(19)16-26/h2-12,15H,13-14,16-17H2,1H3. The van der Waals surface area contributed by atoms with Crippen LogP contribution in [-0.2, 0) is 27.7 Å². The zero-order valence-corrected chi connectivity index (χ0v) is 18.5. The highest BCUT2D eigenvalue weighted by atomic mass is 32.2. The summed E-state index contributed by atoms with van der Waals surface area (Å²) in [7, 11) is -3.78. The van der Waals surface area contributed by atoms with Crippen molar-refractivity contribution in [2.75, 3.05) is 13.2 Å². The summed E-state index contributed by atoms with van der Waals surface area (Å²) in [5.41, 5.74) is 3.68. The van der Waals surface area contributed by atoms with Gasteiger partial charge in [0.15, 0.2) is 12.4 Å². The van der Waals surface area contributed by atoms with Crippen LogP contribution in [0.2, 0.25) is 0 Å². The Labute approximate surface area is 187 Å². The van der Waals surface area contributed by atoms with E-state index in [0.717, 1.165) is 16.7 Å². The van der Waals surface area contributed by atoms with Gasteiger partial charge in [-0.25, -0.2) is 13.2 Å². The van der Waals surface area contributed by atoms with Gasteiger partial charge in [0.2, 0.25) is 10.0 Å². The van der Waals surface area contributed by atoms with Gasteiger partial charge in [-0.1, -0.05) is 60.2 Å². The number of ether oxygens (including phenoxy) is 1. The first-order chi connectivity index (χ1) is 15.3. The fraction of sp³-hybridized carbons (Fsp3) is 0.200. The van der Waals surface area contributed by atoms with E-state index in [9.17, 15) is 18.0 Å². The molecule has 0 unspecified atom stereocenters. The Morgan fingerprint density at radius 2 is 1.62 bits per heavy atom. The molecule has 0 N–H and O–H groups in total. The Morgan fingerprint density at radius 3 is 2.38 bits per heavy atom. The van der Waals surface area contributed by atoms with Crippen LogP contribution in [0.1, 0.15) is 37.4 Å². The first-order valence-corrected chi connectivity index (χ1v) is 11.7. The predicted molar refractivity (Wildman–Crippen MR) is 120 cm³/mol. The number of carbonyl (C=O) groups excluding carboxylic acids is 2. The summed E-state index contributed by atoms with van der Waals surface area (Å²) in [5, 5.41) is 0. The van der Waals surface area contributed by atoms with Crippen molar-refractivity contribution in [1.82, 2.24) is 4.31 Å². The average molecular weight is 450 g/mol. The van der Waals surface area contributed by atoms with E-state index in [2.05, 4.69) is 0 Å². The molecule has 0 fully saturated rings. The lowest BCUT2D eigenvalue weighted by Crippen LogP contribution is -2.36. The highest BCUT2D eigenvalue weighted by molar-refractivity contribution is 7.89. The highest BCUT2D eigenvalue weighted by Crippen LogP contribution is 2.25. The molecule has 4 rings (SSSR count). The molecule has 1 aliphatic rings. The fourth-order valence-electron chi connectivity index (χ4n) is 3.64. The smallest absolute Gasteiger partial charge is 0.338 e. The van der Waals surface area contributed by atoms with Crippen molar-refractivity contribution >= 4 is 21.8 Å². The molecular formula is C25H23NO5S. The molecule has 1 heterocycles. The van der Waals surface area contributed by atoms with Crippen LogP contribution >= 0.6 is 0 Å². The molecule has 0 saturated carbocycles. The number of Topliss-reactive ketones (excluding diaryl/α,β-unsaturated/α-hetero) is 1. The van der Waals surface area contributed by atoms with Crippen molar-refractivity contribution in [1.29, 1.82) is 0 Å². The van der Waals surface area contributed by atoms with Gasteiger partial charge < -0.3 is 4.74 Å². The van der Waals surface area contributed by atoms with E-state index in [1.807, 2.05) is 43.3 Å². The highest BCUT2D eigenvalue weighted by Gasteiger charge is 2.28. The number of fused-ring (bicyclic) bond motifs is 1. The Hall–Kier alpha value is -3.29. The molecule has 0 spiro atoms. The third-order valence-corrected chi connectivity index (χ3v) is 7.35. The molecule has 1 aliphatic heterocycles. The van der Waals surface area contributed by atoms with Gasteiger partial charge in [-0.3, -0.25) is 4.79 Å². The van der Waals surface area contributed by atoms with Gasteiger partial charge in [-0.15, -0.1) is 0 Å². The van der Waals surface area contributed by atoms with Crippen molar-refractivity contribution in [3.63, 3.8) is 0 Å². The van der Waals surface area contributed by atoms with E-state index in [4.69, 9.17) is 4.74 Å². The second-order valence-corrected chi connectivity index (χ2v) is 9.69. The molecule has 3 aromatic rings. The number of hydrogen-bond donors (Lipinski definition) is 0. The summed E-state index contributed by atoms with van der Waals surface area (Å²) in [6.45, 7) is 2.16. The van der Waals surface area contributed by atoms with Gasteiger partial charge in [0.1, 0.15) is 0 Å². The molecular weight excluding hydrogens is 426 g/mol. The normalized spacial score (nSPS) is 13.9. The fourth-order valence-corrected chi connectivity index (χ4v) is 5.11. The number of hydrogen-bond acceptors (Lipinski definition) is 5. The molecule has 7 heteroatoms. The van der Waals surface area contributed by atoms with Crippen LogP contribution in [-0.4, -0.2) is 37.6 Å². The predicted octanol–water partition coefficient (Wildman–Crippen LogP) is 3.78. The van der Waals surface area contributed by atoms with E-state index in [-0.39, 0.29) is 22.8 Å². The third kappa shape index (κ3) is 4.64. The quantitative estimate of drug-likeness (QED) is 0.423. The molecule has 0 aliphatic carbocycles. The van der Waals surface area contributed by atoms with Crippen LogP contribution in [0.5, 0.6) is 0 Å². The average Bonchev–Trinajstić information content (AvgIpc) is 2.82. The van der Waals surface area contributed by atoms with Crippen molar-refractivity contribution in [2.24, 2.45) is 0 Å². The lowest BCUT2D eigenvalue weighted by Gasteiger charge is -2.28. The first kappa shape index (κ1) is 21.9. The van der Waals surface area contributed by atoms with Crippen LogP contribution in [0.3, 0.4) is 0 Å². The Kier molecular flexibility index (Phi) is 6.21. The Balaban J connectivity index is 1.46. The van der Waals surface area contributed by atoms with Gasteiger partial charge in [0.25, 0.3) is 0 Å². The molecule has 32 heavy (non-hydrogen) atoms. The molecule has 0 amide bonds. The molecule has 0 atom stereocenters. The SMILES string of the molecule is Cc1ccc(C(=O)COC(=O)c2cccc(S(=O)(=O)N3CCc4ccccc4C3)c2)cc1. The largest absolute Gasteiger partial charge is 0.454 e. The van der Waals surface area contributed by atoms with Crippen molar-refractivity contribution < 1.29 is 22.7 Å². The summed E-state index contributed by atoms with van der Waals surface area (Å²) in [4.78, 5) is 24.7. The van der Waals surface area contributed by atoms with E-state index >= 15 is 0 Å². The van der Waals surface area contributed by atoms with Gasteiger partial charge in [-0.05, 0) is 42.7 Å². The number of benzene rings is 3. The number of esters is 1. The van der Waals surface area contributed by atoms with Crippen molar-refractivity contribution in [3.05, 3.63) is 101 Å². The second-order valence-electron chi connectivity index (χ2n) is 7.75. The number of sulfonamides is 1. The first-order valence-electron chi connectivity index (χ1n) is 10.3. The minimum Gasteiger partial charge on any atom is -0.454 e. The minimum absolute atomic E-state index is 0.0243. The zero-order chi connectivity index (χ0) is 22.7. The summed E-state index contributed by atoms with van der Waals surface area (Å²) >= 11 is 0.